The lowest BCUT2D eigenvalue weighted by Crippen LogP contribution is -2.33. The Bertz CT molecular complexity index is 522. The second-order valence-electron chi connectivity index (χ2n) is 4.77. The molecule has 1 N–H and O–H groups in total. The SMILES string of the molecule is CCNC(Cc1cccc(F)c1)Cc1ccn(C)n1. The van der Waals surface area contributed by atoms with Crippen molar-refractivity contribution in [3.63, 3.8) is 0 Å². The van der Waals surface area contributed by atoms with Crippen LogP contribution in [-0.2, 0) is 19.9 Å². The second-order valence-corrected chi connectivity index (χ2v) is 4.77. The molecule has 0 amide bonds. The molecule has 0 radical (unpaired) electrons. The summed E-state index contributed by atoms with van der Waals surface area (Å²) in [6.45, 7) is 2.98. The fourth-order valence-corrected chi connectivity index (χ4v) is 2.28. The fraction of sp³-hybridized carbons (Fsp3) is 0.400. The van der Waals surface area contributed by atoms with Gasteiger partial charge in [-0.15, -0.1) is 0 Å². The number of benzene rings is 1. The number of nitrogens with zero attached hydrogens (tertiary/aromatic N) is 2. The molecule has 0 fully saturated rings. The Balaban J connectivity index is 2.03. The van der Waals surface area contributed by atoms with Crippen molar-refractivity contribution in [3.05, 3.63) is 53.6 Å². The van der Waals surface area contributed by atoms with Crippen LogP contribution >= 0.6 is 0 Å². The van der Waals surface area contributed by atoms with Gasteiger partial charge < -0.3 is 5.32 Å². The van der Waals surface area contributed by atoms with Crippen LogP contribution in [0.3, 0.4) is 0 Å². The monoisotopic (exact) mass is 261 g/mol. The fourth-order valence-electron chi connectivity index (χ4n) is 2.28. The van der Waals surface area contributed by atoms with E-state index >= 15 is 0 Å². The Morgan fingerprint density at radius 3 is 2.79 bits per heavy atom. The highest BCUT2D eigenvalue weighted by atomic mass is 19.1. The molecule has 0 spiro atoms. The van der Waals surface area contributed by atoms with E-state index in [2.05, 4.69) is 17.3 Å². The Morgan fingerprint density at radius 1 is 1.32 bits per heavy atom. The van der Waals surface area contributed by atoms with Crippen LogP contribution in [0.2, 0.25) is 0 Å². The van der Waals surface area contributed by atoms with Crippen LogP contribution in [0, 0.1) is 5.82 Å². The first-order valence-corrected chi connectivity index (χ1v) is 6.63. The van der Waals surface area contributed by atoms with Crippen LogP contribution in [0.1, 0.15) is 18.2 Å². The number of nitrogens with one attached hydrogen (secondary N) is 1. The van der Waals surface area contributed by atoms with Crippen molar-refractivity contribution in [2.75, 3.05) is 6.54 Å². The van der Waals surface area contributed by atoms with Gasteiger partial charge in [0.25, 0.3) is 0 Å². The second kappa shape index (κ2) is 6.48. The Kier molecular flexibility index (Phi) is 4.68. The standard InChI is InChI=1S/C15H20FN3/c1-3-17-15(11-14-7-8-19(2)18-14)10-12-5-4-6-13(16)9-12/h4-9,15,17H,3,10-11H2,1-2H3. The third-order valence-electron chi connectivity index (χ3n) is 3.09. The van der Waals surface area contributed by atoms with E-state index in [0.717, 1.165) is 30.6 Å². The highest BCUT2D eigenvalue weighted by molar-refractivity contribution is 5.18. The molecule has 1 atom stereocenters. The van der Waals surface area contributed by atoms with Gasteiger partial charge in [-0.3, -0.25) is 4.68 Å². The van der Waals surface area contributed by atoms with Gasteiger partial charge in [0.1, 0.15) is 5.82 Å². The summed E-state index contributed by atoms with van der Waals surface area (Å²) in [6.07, 6.45) is 3.61. The van der Waals surface area contributed by atoms with Gasteiger partial charge in [0.05, 0.1) is 5.69 Å². The summed E-state index contributed by atoms with van der Waals surface area (Å²) < 4.78 is 15.0. The molecule has 0 aliphatic carbocycles. The summed E-state index contributed by atoms with van der Waals surface area (Å²) in [5.41, 5.74) is 2.08. The van der Waals surface area contributed by atoms with Gasteiger partial charge in [0.15, 0.2) is 0 Å². The Morgan fingerprint density at radius 2 is 2.16 bits per heavy atom. The molecule has 1 unspecified atom stereocenters. The van der Waals surface area contributed by atoms with Gasteiger partial charge in [-0.1, -0.05) is 19.1 Å². The minimum absolute atomic E-state index is 0.175. The zero-order chi connectivity index (χ0) is 13.7. The quantitative estimate of drug-likeness (QED) is 0.865. The van der Waals surface area contributed by atoms with Crippen LogP contribution in [-0.4, -0.2) is 22.4 Å². The topological polar surface area (TPSA) is 29.9 Å². The van der Waals surface area contributed by atoms with E-state index in [1.807, 2.05) is 25.4 Å². The van der Waals surface area contributed by atoms with Gasteiger partial charge in [-0.05, 0) is 36.7 Å². The number of aromatic nitrogens is 2. The Hall–Kier alpha value is -1.68. The van der Waals surface area contributed by atoms with Crippen molar-refractivity contribution in [2.24, 2.45) is 7.05 Å². The number of likely N-dealkylation sites (N-methyl/N-ethyl adjacent to an activating group) is 1. The maximum atomic E-state index is 13.2. The summed E-state index contributed by atoms with van der Waals surface area (Å²) in [5, 5.41) is 7.83. The molecule has 2 aromatic rings. The lowest BCUT2D eigenvalue weighted by Gasteiger charge is -2.17. The van der Waals surface area contributed by atoms with Crippen molar-refractivity contribution in [3.8, 4) is 0 Å². The average Bonchev–Trinajstić information content (AvgIpc) is 2.75. The molecule has 0 saturated carbocycles. The molecule has 19 heavy (non-hydrogen) atoms. The van der Waals surface area contributed by atoms with Crippen molar-refractivity contribution < 1.29 is 4.39 Å². The van der Waals surface area contributed by atoms with Gasteiger partial charge in [-0.2, -0.15) is 5.10 Å². The van der Waals surface area contributed by atoms with E-state index in [1.54, 1.807) is 16.8 Å². The van der Waals surface area contributed by atoms with Crippen molar-refractivity contribution in [1.82, 2.24) is 15.1 Å². The lowest BCUT2D eigenvalue weighted by atomic mass is 10.0. The first-order valence-electron chi connectivity index (χ1n) is 6.63. The number of aryl methyl sites for hydroxylation is 1. The molecule has 0 aliphatic rings. The van der Waals surface area contributed by atoms with Crippen LogP contribution < -0.4 is 5.32 Å². The summed E-state index contributed by atoms with van der Waals surface area (Å²) in [7, 11) is 1.92. The predicted octanol–water partition coefficient (Wildman–Crippen LogP) is 2.32. The van der Waals surface area contributed by atoms with E-state index in [4.69, 9.17) is 0 Å². The molecule has 1 heterocycles. The van der Waals surface area contributed by atoms with Gasteiger partial charge in [0, 0.05) is 25.7 Å². The molecule has 0 saturated heterocycles. The third-order valence-corrected chi connectivity index (χ3v) is 3.09. The van der Waals surface area contributed by atoms with Gasteiger partial charge >= 0.3 is 0 Å². The van der Waals surface area contributed by atoms with E-state index in [9.17, 15) is 4.39 Å². The van der Waals surface area contributed by atoms with Gasteiger partial charge in [0.2, 0.25) is 0 Å². The smallest absolute Gasteiger partial charge is 0.123 e. The maximum Gasteiger partial charge on any atom is 0.123 e. The molecule has 3 nitrogen and oxygen atoms in total. The van der Waals surface area contributed by atoms with E-state index in [-0.39, 0.29) is 11.9 Å². The largest absolute Gasteiger partial charge is 0.314 e. The first kappa shape index (κ1) is 13.7. The third kappa shape index (κ3) is 4.17. The van der Waals surface area contributed by atoms with Crippen molar-refractivity contribution in [2.45, 2.75) is 25.8 Å². The minimum Gasteiger partial charge on any atom is -0.314 e. The first-order chi connectivity index (χ1) is 9.17. The summed E-state index contributed by atoms with van der Waals surface area (Å²) in [6, 6.07) is 9.10. The van der Waals surface area contributed by atoms with Crippen LogP contribution in [0.4, 0.5) is 4.39 Å². The minimum atomic E-state index is -0.175. The highest BCUT2D eigenvalue weighted by Gasteiger charge is 2.11. The van der Waals surface area contributed by atoms with Crippen LogP contribution in [0.15, 0.2) is 36.5 Å². The summed E-state index contributed by atoms with van der Waals surface area (Å²) in [4.78, 5) is 0. The van der Waals surface area contributed by atoms with Crippen molar-refractivity contribution in [1.29, 1.82) is 0 Å². The number of halogens is 1. The molecule has 0 bridgehead atoms. The van der Waals surface area contributed by atoms with E-state index < -0.39 is 0 Å². The van der Waals surface area contributed by atoms with E-state index in [1.165, 1.54) is 6.07 Å². The predicted molar refractivity (Wildman–Crippen MR) is 74.5 cm³/mol. The molecule has 1 aromatic carbocycles. The molecular formula is C15H20FN3. The molecule has 102 valence electrons. The van der Waals surface area contributed by atoms with Crippen LogP contribution in [0.5, 0.6) is 0 Å². The van der Waals surface area contributed by atoms with E-state index in [0.29, 0.717) is 0 Å². The Labute approximate surface area is 113 Å². The molecule has 0 aliphatic heterocycles. The highest BCUT2D eigenvalue weighted by Crippen LogP contribution is 2.09. The normalized spacial score (nSPS) is 12.6. The number of rotatable bonds is 6. The zero-order valence-electron chi connectivity index (χ0n) is 11.4. The summed E-state index contributed by atoms with van der Waals surface area (Å²) in [5.74, 6) is -0.175. The number of hydrogen-bond acceptors (Lipinski definition) is 2. The zero-order valence-corrected chi connectivity index (χ0v) is 11.4. The van der Waals surface area contributed by atoms with Crippen LogP contribution in [0.25, 0.3) is 0 Å². The molecular weight excluding hydrogens is 241 g/mol. The molecule has 1 aromatic heterocycles. The maximum absolute atomic E-state index is 13.2. The number of hydrogen-bond donors (Lipinski definition) is 1. The average molecular weight is 261 g/mol. The molecule has 4 heteroatoms. The lowest BCUT2D eigenvalue weighted by molar-refractivity contribution is 0.511. The van der Waals surface area contributed by atoms with Gasteiger partial charge in [-0.25, -0.2) is 4.39 Å². The van der Waals surface area contributed by atoms with Crippen molar-refractivity contribution >= 4 is 0 Å². The summed E-state index contributed by atoms with van der Waals surface area (Å²) >= 11 is 0. The molecule has 2 rings (SSSR count).